The van der Waals surface area contributed by atoms with E-state index in [9.17, 15) is 9.59 Å². The van der Waals surface area contributed by atoms with Crippen LogP contribution in [-0.4, -0.2) is 19.0 Å². The summed E-state index contributed by atoms with van der Waals surface area (Å²) in [5.41, 5.74) is 1.31. The number of carbonyl (C=O) groups is 1. The Labute approximate surface area is 160 Å². The van der Waals surface area contributed by atoms with E-state index in [4.69, 9.17) is 13.9 Å². The molecule has 2 heterocycles. The molecule has 4 rings (SSSR count). The quantitative estimate of drug-likeness (QED) is 0.513. The average Bonchev–Trinajstić information content (AvgIpc) is 3.08. The van der Waals surface area contributed by atoms with Gasteiger partial charge >= 0.3 is 5.97 Å². The van der Waals surface area contributed by atoms with E-state index in [-0.39, 0.29) is 22.6 Å². The van der Waals surface area contributed by atoms with Gasteiger partial charge in [-0.2, -0.15) is 0 Å². The second-order valence-corrected chi connectivity index (χ2v) is 5.96. The summed E-state index contributed by atoms with van der Waals surface area (Å²) < 4.78 is 15.9. The molecule has 0 unspecified atom stereocenters. The monoisotopic (exact) mass is 373 g/mol. The molecule has 6 heteroatoms. The first kappa shape index (κ1) is 17.5. The highest BCUT2D eigenvalue weighted by Gasteiger charge is 2.22. The number of ether oxygens (including phenoxy) is 2. The summed E-state index contributed by atoms with van der Waals surface area (Å²) >= 11 is 0. The van der Waals surface area contributed by atoms with E-state index in [0.29, 0.717) is 16.7 Å². The molecule has 0 amide bonds. The Kier molecular flexibility index (Phi) is 4.60. The van der Waals surface area contributed by atoms with E-state index in [1.54, 1.807) is 43.5 Å². The third kappa shape index (κ3) is 3.35. The molecule has 6 nitrogen and oxygen atoms in total. The summed E-state index contributed by atoms with van der Waals surface area (Å²) in [5, 5.41) is 0.434. The van der Waals surface area contributed by atoms with Crippen LogP contribution in [0.1, 0.15) is 11.1 Å². The van der Waals surface area contributed by atoms with Crippen molar-refractivity contribution in [3.05, 3.63) is 87.9 Å². The molecular formula is C22H15NO5. The Hall–Kier alpha value is -3.93. The summed E-state index contributed by atoms with van der Waals surface area (Å²) in [5.74, 6) is 0.188. The van der Waals surface area contributed by atoms with Gasteiger partial charge in [-0.25, -0.2) is 9.79 Å². The molecule has 0 aliphatic carbocycles. The first-order valence-corrected chi connectivity index (χ1v) is 8.50. The van der Waals surface area contributed by atoms with Gasteiger partial charge in [-0.1, -0.05) is 30.3 Å². The van der Waals surface area contributed by atoms with Crippen molar-refractivity contribution in [1.29, 1.82) is 0 Å². The maximum Gasteiger partial charge on any atom is 0.363 e. The van der Waals surface area contributed by atoms with Crippen molar-refractivity contribution in [2.45, 2.75) is 0 Å². The molecule has 138 valence electrons. The number of fused-ring (bicyclic) bond motifs is 1. The van der Waals surface area contributed by atoms with Crippen molar-refractivity contribution in [3.63, 3.8) is 0 Å². The summed E-state index contributed by atoms with van der Waals surface area (Å²) in [6.45, 7) is 0. The Balaban J connectivity index is 1.65. The van der Waals surface area contributed by atoms with Gasteiger partial charge in [-0.3, -0.25) is 4.79 Å². The van der Waals surface area contributed by atoms with Crippen LogP contribution in [0.25, 0.3) is 23.1 Å². The Bertz CT molecular complexity index is 1220. The van der Waals surface area contributed by atoms with Crippen LogP contribution in [0.2, 0.25) is 0 Å². The van der Waals surface area contributed by atoms with Crippen LogP contribution in [0.3, 0.4) is 0 Å². The molecule has 0 saturated heterocycles. The van der Waals surface area contributed by atoms with Gasteiger partial charge in [0.25, 0.3) is 0 Å². The zero-order valence-corrected chi connectivity index (χ0v) is 14.9. The van der Waals surface area contributed by atoms with Gasteiger partial charge in [0.2, 0.25) is 5.90 Å². The van der Waals surface area contributed by atoms with Crippen molar-refractivity contribution in [2.24, 2.45) is 4.99 Å². The number of cyclic esters (lactones) is 1. The topological polar surface area (TPSA) is 78.1 Å². The number of esters is 1. The van der Waals surface area contributed by atoms with E-state index in [2.05, 4.69) is 4.99 Å². The molecule has 0 fully saturated rings. The number of hydrogen-bond acceptors (Lipinski definition) is 6. The fourth-order valence-electron chi connectivity index (χ4n) is 2.80. The molecule has 0 N–H and O–H groups in total. The number of aliphatic imine (C=N–C) groups is 1. The summed E-state index contributed by atoms with van der Waals surface area (Å²) in [6, 6.07) is 14.3. The zero-order valence-electron chi connectivity index (χ0n) is 14.9. The van der Waals surface area contributed by atoms with E-state index < -0.39 is 5.97 Å². The van der Waals surface area contributed by atoms with Crippen LogP contribution < -0.4 is 10.2 Å². The lowest BCUT2D eigenvalue weighted by Gasteiger charge is -2.02. The molecule has 0 radical (unpaired) electrons. The lowest BCUT2D eigenvalue weighted by Crippen LogP contribution is -2.06. The Morgan fingerprint density at radius 3 is 2.61 bits per heavy atom. The predicted molar refractivity (Wildman–Crippen MR) is 106 cm³/mol. The average molecular weight is 373 g/mol. The third-order valence-corrected chi connectivity index (χ3v) is 4.18. The van der Waals surface area contributed by atoms with E-state index in [0.717, 1.165) is 5.56 Å². The van der Waals surface area contributed by atoms with Crippen molar-refractivity contribution in [3.8, 4) is 5.75 Å². The minimum atomic E-state index is -0.632. The molecule has 0 spiro atoms. The van der Waals surface area contributed by atoms with Crippen LogP contribution in [-0.2, 0) is 9.53 Å². The van der Waals surface area contributed by atoms with E-state index >= 15 is 0 Å². The van der Waals surface area contributed by atoms with Crippen LogP contribution in [0, 0.1) is 0 Å². The van der Waals surface area contributed by atoms with Gasteiger partial charge in [-0.15, -0.1) is 0 Å². The minimum Gasteiger partial charge on any atom is -0.496 e. The predicted octanol–water partition coefficient (Wildman–Crippen LogP) is 3.81. The molecular weight excluding hydrogens is 358 g/mol. The molecule has 2 aromatic carbocycles. The van der Waals surface area contributed by atoms with Crippen LogP contribution in [0.4, 0.5) is 0 Å². The van der Waals surface area contributed by atoms with Gasteiger partial charge in [-0.05, 0) is 30.4 Å². The molecule has 28 heavy (non-hydrogen) atoms. The number of benzene rings is 2. The highest BCUT2D eigenvalue weighted by atomic mass is 16.6. The lowest BCUT2D eigenvalue weighted by atomic mass is 10.1. The highest BCUT2D eigenvalue weighted by molar-refractivity contribution is 6.11. The van der Waals surface area contributed by atoms with Crippen molar-refractivity contribution >= 4 is 35.0 Å². The van der Waals surface area contributed by atoms with Crippen molar-refractivity contribution in [2.75, 3.05) is 7.11 Å². The molecule has 0 atom stereocenters. The second-order valence-electron chi connectivity index (χ2n) is 5.96. The first-order chi connectivity index (χ1) is 13.7. The maximum absolute atomic E-state index is 12.6. The standard InChI is InChI=1S/C22H15NO5/c1-26-18-8-4-2-6-14(18)10-11-20-23-17(22(25)28-20)12-15-13-27-19-9-5-3-7-16(19)21(15)24/h2-13H,1H3/b11-10+,17-12?. The zero-order chi connectivity index (χ0) is 19.5. The number of para-hydroxylation sites is 2. The number of hydrogen-bond donors (Lipinski definition) is 0. The first-order valence-electron chi connectivity index (χ1n) is 8.50. The molecule has 3 aromatic rings. The normalized spacial score (nSPS) is 15.2. The van der Waals surface area contributed by atoms with E-state index in [1.807, 2.05) is 24.3 Å². The van der Waals surface area contributed by atoms with Crippen LogP contribution in [0.15, 0.2) is 80.8 Å². The second kappa shape index (κ2) is 7.36. The maximum atomic E-state index is 12.6. The van der Waals surface area contributed by atoms with Gasteiger partial charge < -0.3 is 13.9 Å². The highest BCUT2D eigenvalue weighted by Crippen LogP contribution is 2.21. The summed E-state index contributed by atoms with van der Waals surface area (Å²) in [7, 11) is 1.58. The Morgan fingerprint density at radius 2 is 1.75 bits per heavy atom. The van der Waals surface area contributed by atoms with Gasteiger partial charge in [0.05, 0.1) is 18.1 Å². The smallest absolute Gasteiger partial charge is 0.363 e. The number of methoxy groups -OCH3 is 1. The summed E-state index contributed by atoms with van der Waals surface area (Å²) in [4.78, 5) is 28.8. The van der Waals surface area contributed by atoms with E-state index in [1.165, 1.54) is 12.3 Å². The largest absolute Gasteiger partial charge is 0.496 e. The Morgan fingerprint density at radius 1 is 0.964 bits per heavy atom. The molecule has 1 aliphatic heterocycles. The fourth-order valence-corrected chi connectivity index (χ4v) is 2.80. The van der Waals surface area contributed by atoms with Gasteiger partial charge in [0.1, 0.15) is 17.6 Å². The van der Waals surface area contributed by atoms with Gasteiger partial charge in [0.15, 0.2) is 11.1 Å². The van der Waals surface area contributed by atoms with Crippen LogP contribution in [0.5, 0.6) is 5.75 Å². The van der Waals surface area contributed by atoms with Crippen molar-refractivity contribution < 1.29 is 18.7 Å². The number of nitrogens with zero attached hydrogens (tertiary/aromatic N) is 1. The SMILES string of the molecule is COc1ccccc1/C=C/C1=NC(=Cc2coc3ccccc3c2=O)C(=O)O1. The molecule has 1 aliphatic rings. The number of carbonyl (C=O) groups excluding carboxylic acids is 1. The molecule has 0 saturated carbocycles. The number of rotatable bonds is 4. The van der Waals surface area contributed by atoms with Gasteiger partial charge in [0, 0.05) is 11.6 Å². The fraction of sp³-hybridized carbons (Fsp3) is 0.0455. The molecule has 0 bridgehead atoms. The van der Waals surface area contributed by atoms with Crippen molar-refractivity contribution in [1.82, 2.24) is 0 Å². The minimum absolute atomic E-state index is 0.0299. The van der Waals surface area contributed by atoms with Crippen LogP contribution >= 0.6 is 0 Å². The summed E-state index contributed by atoms with van der Waals surface area (Å²) in [6.07, 6.45) is 5.98. The third-order valence-electron chi connectivity index (χ3n) is 4.18. The molecule has 1 aromatic heterocycles. The lowest BCUT2D eigenvalue weighted by molar-refractivity contribution is -0.129.